The summed E-state index contributed by atoms with van der Waals surface area (Å²) < 4.78 is 78.7. The van der Waals surface area contributed by atoms with Gasteiger partial charge in [-0.2, -0.15) is 26.7 Å². The van der Waals surface area contributed by atoms with Gasteiger partial charge < -0.3 is 19.1 Å². The Kier molecular flexibility index (Phi) is 10.3. The van der Waals surface area contributed by atoms with Crippen molar-refractivity contribution in [2.24, 2.45) is 0 Å². The molecule has 1 atom stereocenters. The minimum atomic E-state index is -4.74. The van der Waals surface area contributed by atoms with Crippen LogP contribution in [-0.2, 0) is 37.2 Å². The summed E-state index contributed by atoms with van der Waals surface area (Å²) in [6.45, 7) is 5.47. The molecule has 11 nitrogen and oxygen atoms in total. The van der Waals surface area contributed by atoms with E-state index in [0.717, 1.165) is 29.3 Å². The lowest BCUT2D eigenvalue weighted by Gasteiger charge is -2.28. The number of hydrogen-bond donors (Lipinski definition) is 1. The van der Waals surface area contributed by atoms with Gasteiger partial charge in [0.15, 0.2) is 5.75 Å². The van der Waals surface area contributed by atoms with Crippen LogP contribution in [0.15, 0.2) is 83.8 Å². The second-order valence-corrected chi connectivity index (χ2v) is 13.8. The number of likely N-dealkylation sites (tertiary alicyclic amines) is 1. The Balaban J connectivity index is 1.22. The molecule has 0 aliphatic carbocycles. The van der Waals surface area contributed by atoms with Crippen LogP contribution >= 0.6 is 0 Å². The van der Waals surface area contributed by atoms with Crippen molar-refractivity contribution in [1.82, 2.24) is 24.9 Å². The molecule has 0 unspecified atom stereocenters. The minimum Gasteiger partial charge on any atom is -0.379 e. The van der Waals surface area contributed by atoms with Gasteiger partial charge in [-0.05, 0) is 55.3 Å². The third-order valence-electron chi connectivity index (χ3n) is 8.57. The van der Waals surface area contributed by atoms with E-state index >= 15 is 0 Å². The number of nitrogens with zero attached hydrogens (tertiary/aromatic N) is 4. The van der Waals surface area contributed by atoms with Gasteiger partial charge in [-0.25, -0.2) is 0 Å². The normalized spacial score (nSPS) is 17.1. The molecular weight excluding hydrogens is 675 g/mol. The molecule has 1 N–H and O–H groups in total. The Labute approximate surface area is 287 Å². The molecule has 0 spiro atoms. The van der Waals surface area contributed by atoms with Crippen molar-refractivity contribution in [1.29, 1.82) is 0 Å². The van der Waals surface area contributed by atoms with E-state index in [-0.39, 0.29) is 41.4 Å². The molecule has 2 saturated heterocycles. The monoisotopic (exact) mass is 711 g/mol. The maximum absolute atomic E-state index is 13.4. The zero-order valence-electron chi connectivity index (χ0n) is 27.2. The van der Waals surface area contributed by atoms with Crippen LogP contribution in [0.1, 0.15) is 17.5 Å². The summed E-state index contributed by atoms with van der Waals surface area (Å²) in [7, 11) is -4.68. The van der Waals surface area contributed by atoms with Gasteiger partial charge in [-0.3, -0.25) is 19.2 Å². The number of aryl methyl sites for hydroxylation is 1. The average molecular weight is 712 g/mol. The first-order valence-electron chi connectivity index (χ1n) is 16.1. The van der Waals surface area contributed by atoms with Gasteiger partial charge in [0.25, 0.3) is 0 Å². The average Bonchev–Trinajstić information content (AvgIpc) is 3.73. The highest BCUT2D eigenvalue weighted by molar-refractivity contribution is 7.87. The number of halogens is 3. The summed E-state index contributed by atoms with van der Waals surface area (Å²) in [6, 6.07) is 18.7. The van der Waals surface area contributed by atoms with Crippen molar-refractivity contribution in [2.75, 3.05) is 45.9 Å². The maximum Gasteiger partial charge on any atom is 0.416 e. The third-order valence-corrected chi connectivity index (χ3v) is 9.80. The van der Waals surface area contributed by atoms with Gasteiger partial charge in [-0.1, -0.05) is 48.0 Å². The van der Waals surface area contributed by atoms with E-state index < -0.39 is 26.8 Å². The molecule has 3 aromatic carbocycles. The van der Waals surface area contributed by atoms with E-state index in [0.29, 0.717) is 64.1 Å². The van der Waals surface area contributed by atoms with Crippen molar-refractivity contribution < 1.29 is 40.1 Å². The zero-order valence-corrected chi connectivity index (χ0v) is 28.0. The number of alkyl halides is 3. The number of carbonyl (C=O) groups excluding carboxylic acids is 2. The van der Waals surface area contributed by atoms with Crippen LogP contribution in [0, 0.1) is 6.92 Å². The Bertz CT molecular complexity index is 1960. The van der Waals surface area contributed by atoms with Crippen molar-refractivity contribution in [3.63, 3.8) is 0 Å². The lowest BCUT2D eigenvalue weighted by atomic mass is 10.1. The quantitative estimate of drug-likeness (QED) is 0.241. The number of amides is 2. The highest BCUT2D eigenvalue weighted by atomic mass is 32.2. The molecule has 2 amide bonds. The summed E-state index contributed by atoms with van der Waals surface area (Å²) in [6.07, 6.45) is -4.13. The minimum absolute atomic E-state index is 0.0120. The molecule has 2 aliphatic rings. The van der Waals surface area contributed by atoms with Gasteiger partial charge in [0.2, 0.25) is 11.8 Å². The summed E-state index contributed by atoms with van der Waals surface area (Å²) in [5.74, 6) is -0.454. The topological polar surface area (TPSA) is 123 Å². The molecule has 50 heavy (non-hydrogen) atoms. The number of benzene rings is 3. The first-order chi connectivity index (χ1) is 23.9. The number of hydrogen-bond acceptors (Lipinski definition) is 8. The number of rotatable bonds is 10. The van der Waals surface area contributed by atoms with E-state index in [2.05, 4.69) is 15.3 Å². The number of nitrogens with one attached hydrogen (secondary N) is 1. The lowest BCUT2D eigenvalue weighted by Crippen LogP contribution is -2.45. The van der Waals surface area contributed by atoms with Gasteiger partial charge in [-0.15, -0.1) is 0 Å². The SMILES string of the molecule is Cc1ccc(OS(=O)(=O)c2cccc(C(F)(F)F)c2)c(-c2cc(-c3ccccc3)n(CC(=O)N[C@@H]3CCN(C(=O)CN4CCOCC4)C3)n2)c1. The molecule has 0 radical (unpaired) electrons. The molecule has 4 aromatic rings. The van der Waals surface area contributed by atoms with Crippen LogP contribution in [0.25, 0.3) is 22.5 Å². The van der Waals surface area contributed by atoms with Crippen molar-refractivity contribution in [3.8, 4) is 28.3 Å². The van der Waals surface area contributed by atoms with Crippen LogP contribution in [0.2, 0.25) is 0 Å². The van der Waals surface area contributed by atoms with Crippen LogP contribution in [-0.4, -0.2) is 91.8 Å². The number of aromatic nitrogens is 2. The van der Waals surface area contributed by atoms with Crippen LogP contribution < -0.4 is 9.50 Å². The highest BCUT2D eigenvalue weighted by Crippen LogP contribution is 2.36. The third kappa shape index (κ3) is 8.34. The summed E-state index contributed by atoms with van der Waals surface area (Å²) in [5.41, 5.74) is 1.48. The standard InChI is InChI=1S/C35H36F3N5O6S/c1-24-10-11-32(49-50(46,47)28-9-5-8-26(19-28)35(36,37)38)29(18-24)30-20-31(25-6-3-2-4-7-25)43(40-30)22-33(44)39-27-12-13-42(21-27)34(45)23-41-14-16-48-17-15-41/h2-11,18-20,27H,12-17,21-23H2,1H3,(H,39,44)/t27-/m1/s1. The summed E-state index contributed by atoms with van der Waals surface area (Å²) in [5, 5.41) is 7.70. The largest absolute Gasteiger partial charge is 0.416 e. The van der Waals surface area contributed by atoms with Crippen molar-refractivity contribution >= 4 is 21.9 Å². The Hall–Kier alpha value is -4.73. The number of morpholine rings is 1. The fraction of sp³-hybridized carbons (Fsp3) is 0.343. The molecule has 6 rings (SSSR count). The number of ether oxygens (including phenoxy) is 1. The molecule has 264 valence electrons. The highest BCUT2D eigenvalue weighted by Gasteiger charge is 2.33. The summed E-state index contributed by atoms with van der Waals surface area (Å²) in [4.78, 5) is 29.4. The molecule has 3 heterocycles. The second kappa shape index (κ2) is 14.6. The lowest BCUT2D eigenvalue weighted by molar-refractivity contribution is -0.137. The molecule has 0 bridgehead atoms. The molecule has 2 aliphatic heterocycles. The second-order valence-electron chi connectivity index (χ2n) is 12.3. The fourth-order valence-electron chi connectivity index (χ4n) is 5.99. The van der Waals surface area contributed by atoms with Gasteiger partial charge in [0.05, 0.1) is 36.7 Å². The van der Waals surface area contributed by atoms with Gasteiger partial charge >= 0.3 is 16.3 Å². The zero-order chi connectivity index (χ0) is 35.5. The predicted molar refractivity (Wildman–Crippen MR) is 177 cm³/mol. The van der Waals surface area contributed by atoms with E-state index in [1.54, 1.807) is 30.0 Å². The Morgan fingerprint density at radius 1 is 0.960 bits per heavy atom. The van der Waals surface area contributed by atoms with E-state index in [9.17, 15) is 31.2 Å². The first-order valence-corrected chi connectivity index (χ1v) is 17.5. The van der Waals surface area contributed by atoms with E-state index in [1.807, 2.05) is 30.3 Å². The van der Waals surface area contributed by atoms with Gasteiger partial charge in [0, 0.05) is 37.8 Å². The van der Waals surface area contributed by atoms with Crippen molar-refractivity contribution in [3.05, 3.63) is 90.0 Å². The fourth-order valence-corrected chi connectivity index (χ4v) is 6.98. The predicted octanol–water partition coefficient (Wildman–Crippen LogP) is 4.36. The van der Waals surface area contributed by atoms with Crippen LogP contribution in [0.3, 0.4) is 0 Å². The molecule has 1 aromatic heterocycles. The first kappa shape index (κ1) is 35.1. The molecule has 0 saturated carbocycles. The van der Waals surface area contributed by atoms with E-state index in [1.165, 1.54) is 10.7 Å². The van der Waals surface area contributed by atoms with Crippen LogP contribution in [0.5, 0.6) is 5.75 Å². The van der Waals surface area contributed by atoms with Crippen LogP contribution in [0.4, 0.5) is 13.2 Å². The number of carbonyl (C=O) groups is 2. The Morgan fingerprint density at radius 3 is 2.46 bits per heavy atom. The smallest absolute Gasteiger partial charge is 0.379 e. The molecule has 2 fully saturated rings. The Morgan fingerprint density at radius 2 is 1.72 bits per heavy atom. The maximum atomic E-state index is 13.4. The summed E-state index contributed by atoms with van der Waals surface area (Å²) >= 11 is 0. The van der Waals surface area contributed by atoms with Crippen molar-refractivity contribution in [2.45, 2.75) is 37.0 Å². The molecule has 15 heteroatoms. The van der Waals surface area contributed by atoms with Gasteiger partial charge in [0.1, 0.15) is 11.4 Å². The molecular formula is C35H36F3N5O6S. The van der Waals surface area contributed by atoms with E-state index in [4.69, 9.17) is 8.92 Å².